The second kappa shape index (κ2) is 7.85. The van der Waals surface area contributed by atoms with E-state index in [2.05, 4.69) is 19.9 Å². The summed E-state index contributed by atoms with van der Waals surface area (Å²) in [7, 11) is 0. The molecule has 0 N–H and O–H groups in total. The summed E-state index contributed by atoms with van der Waals surface area (Å²) < 4.78 is 10.3. The van der Waals surface area contributed by atoms with Gasteiger partial charge in [0.1, 0.15) is 0 Å². The van der Waals surface area contributed by atoms with Gasteiger partial charge >= 0.3 is 0 Å². The number of rotatable bonds is 4. The molecule has 2 saturated heterocycles. The predicted octanol–water partition coefficient (Wildman–Crippen LogP) is -0.255. The van der Waals surface area contributed by atoms with Crippen molar-refractivity contribution in [1.82, 2.24) is 24.8 Å². The van der Waals surface area contributed by atoms with Crippen LogP contribution in [-0.4, -0.2) is 89.8 Å². The van der Waals surface area contributed by atoms with Crippen molar-refractivity contribution < 1.29 is 14.1 Å². The Hall–Kier alpha value is -1.51. The van der Waals surface area contributed by atoms with E-state index in [0.29, 0.717) is 32.2 Å². The smallest absolute Gasteiger partial charge is 0.236 e. The van der Waals surface area contributed by atoms with Crippen LogP contribution in [0, 0.1) is 6.92 Å². The number of carbonyl (C=O) groups is 1. The Morgan fingerprint density at radius 3 is 2.57 bits per heavy atom. The Bertz CT molecular complexity index is 515. The molecular weight excluding hydrogens is 298 g/mol. The number of morpholine rings is 1. The summed E-state index contributed by atoms with van der Waals surface area (Å²) in [6.07, 6.45) is 1.05. The molecule has 128 valence electrons. The van der Waals surface area contributed by atoms with Gasteiger partial charge in [-0.1, -0.05) is 5.16 Å². The topological polar surface area (TPSA) is 74.9 Å². The molecule has 1 amide bonds. The van der Waals surface area contributed by atoms with Crippen LogP contribution in [0.2, 0.25) is 0 Å². The molecule has 0 unspecified atom stereocenters. The lowest BCUT2D eigenvalue weighted by molar-refractivity contribution is -0.136. The molecule has 0 saturated carbocycles. The monoisotopic (exact) mass is 323 g/mol. The van der Waals surface area contributed by atoms with Crippen LogP contribution in [-0.2, 0) is 16.1 Å². The zero-order valence-electron chi connectivity index (χ0n) is 13.7. The molecule has 0 aliphatic carbocycles. The highest BCUT2D eigenvalue weighted by molar-refractivity contribution is 5.78. The van der Waals surface area contributed by atoms with Crippen molar-refractivity contribution in [3.05, 3.63) is 11.7 Å². The molecule has 8 nitrogen and oxygen atoms in total. The van der Waals surface area contributed by atoms with Gasteiger partial charge in [0.25, 0.3) is 0 Å². The standard InChI is InChI=1S/C15H25N5O3/c1-13-16-14(17-23-13)11-18-3-2-4-19(6-5-18)12-15(21)20-7-9-22-10-8-20/h2-12H2,1H3. The van der Waals surface area contributed by atoms with Crippen molar-refractivity contribution in [1.29, 1.82) is 0 Å². The summed E-state index contributed by atoms with van der Waals surface area (Å²) in [5.41, 5.74) is 0. The second-order valence-corrected chi connectivity index (χ2v) is 6.13. The maximum Gasteiger partial charge on any atom is 0.236 e. The van der Waals surface area contributed by atoms with Crippen molar-refractivity contribution in [2.45, 2.75) is 19.9 Å². The maximum atomic E-state index is 12.3. The van der Waals surface area contributed by atoms with Gasteiger partial charge in [-0.05, 0) is 19.5 Å². The SMILES string of the molecule is Cc1nc(CN2CCCN(CC(=O)N3CCOCC3)CC2)no1. The number of nitrogens with zero attached hydrogens (tertiary/aromatic N) is 5. The number of ether oxygens (including phenoxy) is 1. The van der Waals surface area contributed by atoms with E-state index in [4.69, 9.17) is 9.26 Å². The summed E-state index contributed by atoms with van der Waals surface area (Å²) in [5, 5.41) is 3.96. The summed E-state index contributed by atoms with van der Waals surface area (Å²) in [4.78, 5) is 23.1. The molecular formula is C15H25N5O3. The Labute approximate surface area is 136 Å². The van der Waals surface area contributed by atoms with Gasteiger partial charge < -0.3 is 14.2 Å². The van der Waals surface area contributed by atoms with Crippen molar-refractivity contribution in [3.63, 3.8) is 0 Å². The number of carbonyl (C=O) groups excluding carboxylic acids is 1. The average molecular weight is 323 g/mol. The van der Waals surface area contributed by atoms with Crippen LogP contribution in [0.5, 0.6) is 0 Å². The summed E-state index contributed by atoms with van der Waals surface area (Å²) in [6, 6.07) is 0. The first-order chi connectivity index (χ1) is 11.2. The van der Waals surface area contributed by atoms with Gasteiger partial charge in [-0.3, -0.25) is 14.6 Å². The van der Waals surface area contributed by atoms with Crippen LogP contribution in [0.25, 0.3) is 0 Å². The zero-order chi connectivity index (χ0) is 16.1. The van der Waals surface area contributed by atoms with E-state index >= 15 is 0 Å². The molecule has 8 heteroatoms. The average Bonchev–Trinajstić information content (AvgIpc) is 2.84. The molecule has 0 spiro atoms. The molecule has 0 radical (unpaired) electrons. The van der Waals surface area contributed by atoms with Crippen LogP contribution in [0.4, 0.5) is 0 Å². The molecule has 3 heterocycles. The Balaban J connectivity index is 1.45. The number of hydrogen-bond acceptors (Lipinski definition) is 7. The first kappa shape index (κ1) is 16.4. The van der Waals surface area contributed by atoms with E-state index in [0.717, 1.165) is 51.5 Å². The fourth-order valence-electron chi connectivity index (χ4n) is 3.05. The quantitative estimate of drug-likeness (QED) is 0.756. The fraction of sp³-hybridized carbons (Fsp3) is 0.800. The second-order valence-electron chi connectivity index (χ2n) is 6.13. The minimum atomic E-state index is 0.218. The van der Waals surface area contributed by atoms with E-state index < -0.39 is 0 Å². The molecule has 0 atom stereocenters. The van der Waals surface area contributed by atoms with E-state index in [9.17, 15) is 4.79 Å². The van der Waals surface area contributed by atoms with Crippen molar-refractivity contribution in [2.75, 3.05) is 59.0 Å². The van der Waals surface area contributed by atoms with E-state index in [1.165, 1.54) is 0 Å². The number of aryl methyl sites for hydroxylation is 1. The maximum absolute atomic E-state index is 12.3. The normalized spacial score (nSPS) is 21.3. The minimum Gasteiger partial charge on any atom is -0.378 e. The van der Waals surface area contributed by atoms with Crippen LogP contribution in [0.15, 0.2) is 4.52 Å². The van der Waals surface area contributed by atoms with Crippen LogP contribution < -0.4 is 0 Å². The van der Waals surface area contributed by atoms with Gasteiger partial charge in [0.05, 0.1) is 26.3 Å². The van der Waals surface area contributed by atoms with E-state index in [-0.39, 0.29) is 5.91 Å². The fourth-order valence-corrected chi connectivity index (χ4v) is 3.05. The number of aromatic nitrogens is 2. The van der Waals surface area contributed by atoms with Crippen LogP contribution >= 0.6 is 0 Å². The van der Waals surface area contributed by atoms with Gasteiger partial charge in [-0.15, -0.1) is 0 Å². The molecule has 3 rings (SSSR count). The number of hydrogen-bond donors (Lipinski definition) is 0. The van der Waals surface area contributed by atoms with Gasteiger partial charge in [-0.2, -0.15) is 4.98 Å². The minimum absolute atomic E-state index is 0.218. The number of amides is 1. The summed E-state index contributed by atoms with van der Waals surface area (Å²) >= 11 is 0. The Kier molecular flexibility index (Phi) is 5.58. The first-order valence-corrected chi connectivity index (χ1v) is 8.30. The van der Waals surface area contributed by atoms with Crippen molar-refractivity contribution >= 4 is 5.91 Å². The highest BCUT2D eigenvalue weighted by atomic mass is 16.5. The summed E-state index contributed by atoms with van der Waals surface area (Å²) in [5.74, 6) is 1.56. The molecule has 0 bridgehead atoms. The van der Waals surface area contributed by atoms with Crippen LogP contribution in [0.3, 0.4) is 0 Å². The molecule has 1 aromatic rings. The molecule has 2 fully saturated rings. The molecule has 23 heavy (non-hydrogen) atoms. The lowest BCUT2D eigenvalue weighted by Gasteiger charge is -2.29. The van der Waals surface area contributed by atoms with E-state index in [1.54, 1.807) is 6.92 Å². The summed E-state index contributed by atoms with van der Waals surface area (Å²) in [6.45, 7) is 9.54. The highest BCUT2D eigenvalue weighted by Crippen LogP contribution is 2.08. The van der Waals surface area contributed by atoms with Crippen molar-refractivity contribution in [3.8, 4) is 0 Å². The molecule has 0 aromatic carbocycles. The largest absolute Gasteiger partial charge is 0.378 e. The lowest BCUT2D eigenvalue weighted by Crippen LogP contribution is -2.46. The highest BCUT2D eigenvalue weighted by Gasteiger charge is 2.22. The molecule has 1 aromatic heterocycles. The van der Waals surface area contributed by atoms with Gasteiger partial charge in [0.2, 0.25) is 11.8 Å². The van der Waals surface area contributed by atoms with Gasteiger partial charge in [-0.25, -0.2) is 0 Å². The lowest BCUT2D eigenvalue weighted by atomic mass is 10.3. The third-order valence-electron chi connectivity index (χ3n) is 4.34. The van der Waals surface area contributed by atoms with Gasteiger partial charge in [0.15, 0.2) is 5.82 Å². The zero-order valence-corrected chi connectivity index (χ0v) is 13.7. The van der Waals surface area contributed by atoms with Crippen LogP contribution in [0.1, 0.15) is 18.1 Å². The van der Waals surface area contributed by atoms with Crippen molar-refractivity contribution in [2.24, 2.45) is 0 Å². The van der Waals surface area contributed by atoms with Gasteiger partial charge in [0, 0.05) is 33.1 Å². The predicted molar refractivity (Wildman–Crippen MR) is 82.8 cm³/mol. The third-order valence-corrected chi connectivity index (χ3v) is 4.34. The third kappa shape index (κ3) is 4.73. The Morgan fingerprint density at radius 2 is 1.83 bits per heavy atom. The molecule has 2 aliphatic rings. The van der Waals surface area contributed by atoms with E-state index in [1.807, 2.05) is 4.90 Å². The molecule has 2 aliphatic heterocycles. The Morgan fingerprint density at radius 1 is 1.09 bits per heavy atom. The first-order valence-electron chi connectivity index (χ1n) is 8.30.